The molecule has 0 bridgehead atoms. The number of aryl methyl sites for hydroxylation is 1. The number of benzene rings is 2. The van der Waals surface area contributed by atoms with Gasteiger partial charge in [-0.2, -0.15) is 0 Å². The summed E-state index contributed by atoms with van der Waals surface area (Å²) in [5.41, 5.74) is 2.71. The van der Waals surface area contributed by atoms with E-state index in [-0.39, 0.29) is 5.97 Å². The van der Waals surface area contributed by atoms with Gasteiger partial charge in [0.05, 0.1) is 5.56 Å². The molecule has 0 fully saturated rings. The zero-order valence-electron chi connectivity index (χ0n) is 9.72. The summed E-state index contributed by atoms with van der Waals surface area (Å²) in [6, 6.07) is 17.0. The Kier molecular flexibility index (Phi) is 3.55. The lowest BCUT2D eigenvalue weighted by atomic mass is 10.1. The van der Waals surface area contributed by atoms with E-state index in [1.165, 1.54) is 0 Å². The summed E-state index contributed by atoms with van der Waals surface area (Å²) in [6.45, 7) is 2.30. The number of hydrogen-bond donors (Lipinski definition) is 0. The highest BCUT2D eigenvalue weighted by atomic mass is 16.5. The second-order valence-electron chi connectivity index (χ2n) is 3.93. The van der Waals surface area contributed by atoms with Crippen molar-refractivity contribution >= 4 is 5.97 Å². The van der Waals surface area contributed by atoms with E-state index in [4.69, 9.17) is 4.74 Å². The van der Waals surface area contributed by atoms with Gasteiger partial charge in [-0.1, -0.05) is 48.0 Å². The van der Waals surface area contributed by atoms with Gasteiger partial charge in [-0.15, -0.1) is 0 Å². The van der Waals surface area contributed by atoms with Crippen LogP contribution >= 0.6 is 0 Å². The van der Waals surface area contributed by atoms with Crippen molar-refractivity contribution in [1.29, 1.82) is 0 Å². The standard InChI is InChI=1S/C15H14O2/c1-12-7-9-14(10-8-12)15(16)17-11-13-5-3-2-4-6-13/h2-10H,11H2,1H3. The Balaban J connectivity index is 1.96. The molecule has 0 spiro atoms. The van der Waals surface area contributed by atoms with E-state index in [9.17, 15) is 4.79 Å². The predicted octanol–water partition coefficient (Wildman–Crippen LogP) is 3.35. The molecule has 0 amide bonds. The van der Waals surface area contributed by atoms with Crippen LogP contribution in [0.5, 0.6) is 0 Å². The van der Waals surface area contributed by atoms with Gasteiger partial charge in [-0.25, -0.2) is 4.79 Å². The molecule has 0 saturated heterocycles. The van der Waals surface area contributed by atoms with Crippen LogP contribution in [0.15, 0.2) is 54.6 Å². The molecule has 0 unspecified atom stereocenters. The highest BCUT2D eigenvalue weighted by Crippen LogP contribution is 2.07. The van der Waals surface area contributed by atoms with Crippen molar-refractivity contribution in [2.24, 2.45) is 0 Å². The Hall–Kier alpha value is -2.09. The minimum Gasteiger partial charge on any atom is -0.457 e. The van der Waals surface area contributed by atoms with Gasteiger partial charge in [0.2, 0.25) is 0 Å². The van der Waals surface area contributed by atoms with Gasteiger partial charge < -0.3 is 4.74 Å². The van der Waals surface area contributed by atoms with Crippen molar-refractivity contribution in [3.8, 4) is 0 Å². The Labute approximate surface area is 101 Å². The van der Waals surface area contributed by atoms with E-state index in [1.54, 1.807) is 12.1 Å². The minimum atomic E-state index is -0.283. The van der Waals surface area contributed by atoms with Crippen LogP contribution in [0.4, 0.5) is 0 Å². The fourth-order valence-corrected chi connectivity index (χ4v) is 1.50. The Bertz CT molecular complexity index is 486. The normalized spacial score (nSPS) is 9.94. The highest BCUT2D eigenvalue weighted by molar-refractivity contribution is 5.89. The summed E-state index contributed by atoms with van der Waals surface area (Å²) in [6.07, 6.45) is 0. The molecule has 0 aliphatic carbocycles. The van der Waals surface area contributed by atoms with Crippen molar-refractivity contribution in [3.05, 3.63) is 71.3 Å². The largest absolute Gasteiger partial charge is 0.457 e. The molecule has 86 valence electrons. The molecule has 2 heteroatoms. The van der Waals surface area contributed by atoms with Gasteiger partial charge in [-0.3, -0.25) is 0 Å². The maximum Gasteiger partial charge on any atom is 0.338 e. The number of carbonyl (C=O) groups excluding carboxylic acids is 1. The second kappa shape index (κ2) is 5.30. The molecule has 0 atom stereocenters. The number of rotatable bonds is 3. The van der Waals surface area contributed by atoms with Crippen molar-refractivity contribution in [2.45, 2.75) is 13.5 Å². The average Bonchev–Trinajstić information content (AvgIpc) is 2.38. The Morgan fingerprint density at radius 2 is 1.65 bits per heavy atom. The first-order valence-electron chi connectivity index (χ1n) is 5.53. The van der Waals surface area contributed by atoms with E-state index in [0.717, 1.165) is 11.1 Å². The third-order valence-electron chi connectivity index (χ3n) is 2.50. The summed E-state index contributed by atoms with van der Waals surface area (Å²) >= 11 is 0. The van der Waals surface area contributed by atoms with Gasteiger partial charge in [0.1, 0.15) is 6.61 Å². The highest BCUT2D eigenvalue weighted by Gasteiger charge is 2.06. The lowest BCUT2D eigenvalue weighted by molar-refractivity contribution is 0.0472. The lowest BCUT2D eigenvalue weighted by Crippen LogP contribution is -2.04. The minimum absolute atomic E-state index is 0.283. The summed E-state index contributed by atoms with van der Waals surface area (Å²) in [4.78, 5) is 11.7. The molecule has 2 aromatic rings. The van der Waals surface area contributed by atoms with E-state index in [1.807, 2.05) is 49.4 Å². The first kappa shape index (κ1) is 11.4. The van der Waals surface area contributed by atoms with Crippen LogP contribution < -0.4 is 0 Å². The van der Waals surface area contributed by atoms with Crippen molar-refractivity contribution in [3.63, 3.8) is 0 Å². The molecule has 2 aromatic carbocycles. The van der Waals surface area contributed by atoms with E-state index < -0.39 is 0 Å². The fraction of sp³-hybridized carbons (Fsp3) is 0.133. The molecule has 0 aromatic heterocycles. The fourth-order valence-electron chi connectivity index (χ4n) is 1.50. The first-order chi connectivity index (χ1) is 8.25. The zero-order chi connectivity index (χ0) is 12.1. The first-order valence-corrected chi connectivity index (χ1v) is 5.53. The van der Waals surface area contributed by atoms with Crippen LogP contribution in [0.1, 0.15) is 21.5 Å². The molecule has 0 aliphatic rings. The number of hydrogen-bond acceptors (Lipinski definition) is 2. The van der Waals surface area contributed by atoms with Gasteiger partial charge in [0.25, 0.3) is 0 Å². The van der Waals surface area contributed by atoms with Gasteiger partial charge in [0.15, 0.2) is 0 Å². The van der Waals surface area contributed by atoms with Crippen LogP contribution in [0.2, 0.25) is 0 Å². The monoisotopic (exact) mass is 226 g/mol. The molecule has 0 heterocycles. The number of ether oxygens (including phenoxy) is 1. The molecule has 0 radical (unpaired) electrons. The smallest absolute Gasteiger partial charge is 0.338 e. The SMILES string of the molecule is Cc1ccc(C(=O)OCc2ccccc2)cc1. The summed E-state index contributed by atoms with van der Waals surface area (Å²) in [5.74, 6) is -0.283. The van der Waals surface area contributed by atoms with Gasteiger partial charge in [0, 0.05) is 0 Å². The quantitative estimate of drug-likeness (QED) is 0.750. The third-order valence-corrected chi connectivity index (χ3v) is 2.50. The molecular formula is C15H14O2. The van der Waals surface area contributed by atoms with Gasteiger partial charge in [-0.05, 0) is 24.6 Å². The number of esters is 1. The topological polar surface area (TPSA) is 26.3 Å². The van der Waals surface area contributed by atoms with Gasteiger partial charge >= 0.3 is 5.97 Å². The van der Waals surface area contributed by atoms with Crippen LogP contribution in [-0.2, 0) is 11.3 Å². The van der Waals surface area contributed by atoms with E-state index in [2.05, 4.69) is 0 Å². The zero-order valence-corrected chi connectivity index (χ0v) is 9.72. The van der Waals surface area contributed by atoms with Crippen LogP contribution in [0.25, 0.3) is 0 Å². The molecule has 0 aliphatic heterocycles. The van der Waals surface area contributed by atoms with E-state index >= 15 is 0 Å². The maximum absolute atomic E-state index is 11.7. The predicted molar refractivity (Wildman–Crippen MR) is 66.7 cm³/mol. The van der Waals surface area contributed by atoms with E-state index in [0.29, 0.717) is 12.2 Å². The Morgan fingerprint density at radius 3 is 2.29 bits per heavy atom. The number of carbonyl (C=O) groups is 1. The van der Waals surface area contributed by atoms with Crippen LogP contribution in [-0.4, -0.2) is 5.97 Å². The lowest BCUT2D eigenvalue weighted by Gasteiger charge is -2.05. The summed E-state index contributed by atoms with van der Waals surface area (Å²) < 4.78 is 5.22. The maximum atomic E-state index is 11.7. The second-order valence-corrected chi connectivity index (χ2v) is 3.93. The summed E-state index contributed by atoms with van der Waals surface area (Å²) in [7, 11) is 0. The average molecular weight is 226 g/mol. The van der Waals surface area contributed by atoms with Crippen LogP contribution in [0.3, 0.4) is 0 Å². The van der Waals surface area contributed by atoms with Crippen molar-refractivity contribution in [1.82, 2.24) is 0 Å². The molecule has 0 N–H and O–H groups in total. The van der Waals surface area contributed by atoms with Crippen molar-refractivity contribution < 1.29 is 9.53 Å². The van der Waals surface area contributed by atoms with Crippen molar-refractivity contribution in [2.75, 3.05) is 0 Å². The molecule has 17 heavy (non-hydrogen) atoms. The third kappa shape index (κ3) is 3.18. The molecule has 0 saturated carbocycles. The molecule has 2 rings (SSSR count). The molecule has 2 nitrogen and oxygen atoms in total. The Morgan fingerprint density at radius 1 is 1.00 bits per heavy atom. The van der Waals surface area contributed by atoms with Crippen LogP contribution in [0, 0.1) is 6.92 Å². The summed E-state index contributed by atoms with van der Waals surface area (Å²) in [5, 5.41) is 0. The molecular weight excluding hydrogens is 212 g/mol.